The van der Waals surface area contributed by atoms with E-state index in [9.17, 15) is 0 Å². The van der Waals surface area contributed by atoms with E-state index in [1.807, 2.05) is 6.92 Å². The summed E-state index contributed by atoms with van der Waals surface area (Å²) in [6.45, 7) is 11.5. The third-order valence-electron chi connectivity index (χ3n) is 3.67. The molecule has 0 fully saturated rings. The molecule has 104 valence electrons. The van der Waals surface area contributed by atoms with Gasteiger partial charge in [0, 0.05) is 12.6 Å². The molecule has 3 N–H and O–H groups in total. The van der Waals surface area contributed by atoms with Gasteiger partial charge in [-0.2, -0.15) is 0 Å². The quantitative estimate of drug-likeness (QED) is 0.458. The molecule has 0 bridgehead atoms. The predicted octanol–water partition coefficient (Wildman–Crippen LogP) is 3.24. The predicted molar refractivity (Wildman–Crippen MR) is 74.7 cm³/mol. The first-order chi connectivity index (χ1) is 8.01. The summed E-state index contributed by atoms with van der Waals surface area (Å²) in [5, 5.41) is 0. The van der Waals surface area contributed by atoms with Crippen molar-refractivity contribution in [2.24, 2.45) is 11.8 Å². The Morgan fingerprint density at radius 2 is 1.88 bits per heavy atom. The molecule has 0 aromatic carbocycles. The molecule has 0 aromatic heterocycles. The monoisotopic (exact) mass is 244 g/mol. The van der Waals surface area contributed by atoms with E-state index in [1.54, 1.807) is 0 Å². The summed E-state index contributed by atoms with van der Waals surface area (Å²) in [7, 11) is 0. The second-order valence-corrected chi connectivity index (χ2v) is 5.41. The molecular formula is C14H32N2O. The zero-order valence-electron chi connectivity index (χ0n) is 12.4. The summed E-state index contributed by atoms with van der Waals surface area (Å²) in [6, 6.07) is 0.226. The van der Waals surface area contributed by atoms with Gasteiger partial charge in [0.15, 0.2) is 0 Å². The molecule has 2 unspecified atom stereocenters. The summed E-state index contributed by atoms with van der Waals surface area (Å²) in [6.07, 6.45) is 6.20. The average Bonchev–Trinajstić information content (AvgIpc) is 2.29. The lowest BCUT2D eigenvalue weighted by Gasteiger charge is -2.35. The highest BCUT2D eigenvalue weighted by molar-refractivity contribution is 4.86. The number of ether oxygens (including phenoxy) is 1. The fourth-order valence-corrected chi connectivity index (χ4v) is 2.34. The van der Waals surface area contributed by atoms with E-state index in [-0.39, 0.29) is 11.6 Å². The van der Waals surface area contributed by atoms with Crippen molar-refractivity contribution in [1.29, 1.82) is 0 Å². The first-order valence-electron chi connectivity index (χ1n) is 7.11. The third kappa shape index (κ3) is 6.39. The topological polar surface area (TPSA) is 47.3 Å². The van der Waals surface area contributed by atoms with Gasteiger partial charge in [0.05, 0.1) is 5.60 Å². The molecule has 0 aliphatic carbocycles. The van der Waals surface area contributed by atoms with Crippen molar-refractivity contribution in [3.05, 3.63) is 0 Å². The standard InChI is InChI=1S/C14H32N2O/c1-6-9-10-12(7-2)11-13(16-15)14(4,5)17-8-3/h12-13,16H,6-11,15H2,1-5H3. The third-order valence-corrected chi connectivity index (χ3v) is 3.67. The molecule has 0 aliphatic heterocycles. The van der Waals surface area contributed by atoms with Crippen LogP contribution in [-0.4, -0.2) is 18.2 Å². The molecule has 17 heavy (non-hydrogen) atoms. The van der Waals surface area contributed by atoms with Crippen LogP contribution in [0.25, 0.3) is 0 Å². The lowest BCUT2D eigenvalue weighted by molar-refractivity contribution is -0.0441. The van der Waals surface area contributed by atoms with Crippen LogP contribution in [-0.2, 0) is 4.74 Å². The van der Waals surface area contributed by atoms with E-state index in [2.05, 4.69) is 33.1 Å². The molecule has 0 amide bonds. The molecule has 2 atom stereocenters. The van der Waals surface area contributed by atoms with Crippen molar-refractivity contribution in [3.63, 3.8) is 0 Å². The molecule has 0 aliphatic rings. The number of unbranched alkanes of at least 4 members (excludes halogenated alkanes) is 1. The maximum Gasteiger partial charge on any atom is 0.0792 e. The van der Waals surface area contributed by atoms with Crippen LogP contribution < -0.4 is 11.3 Å². The summed E-state index contributed by atoms with van der Waals surface area (Å²) >= 11 is 0. The van der Waals surface area contributed by atoms with Crippen molar-refractivity contribution >= 4 is 0 Å². The number of hydrogen-bond donors (Lipinski definition) is 2. The minimum Gasteiger partial charge on any atom is -0.374 e. The van der Waals surface area contributed by atoms with Gasteiger partial charge in [0.1, 0.15) is 0 Å². The van der Waals surface area contributed by atoms with Crippen molar-refractivity contribution in [2.75, 3.05) is 6.61 Å². The number of rotatable bonds is 10. The van der Waals surface area contributed by atoms with Gasteiger partial charge in [0.2, 0.25) is 0 Å². The Bertz CT molecular complexity index is 183. The largest absolute Gasteiger partial charge is 0.374 e. The normalized spacial score (nSPS) is 15.9. The van der Waals surface area contributed by atoms with Crippen LogP contribution in [0.5, 0.6) is 0 Å². The Morgan fingerprint density at radius 3 is 2.29 bits per heavy atom. The zero-order valence-corrected chi connectivity index (χ0v) is 12.4. The lowest BCUT2D eigenvalue weighted by atomic mass is 9.86. The highest BCUT2D eigenvalue weighted by atomic mass is 16.5. The molecule has 0 spiro atoms. The maximum absolute atomic E-state index is 5.79. The first kappa shape index (κ1) is 16.9. The van der Waals surface area contributed by atoms with Gasteiger partial charge in [-0.1, -0.05) is 39.5 Å². The second-order valence-electron chi connectivity index (χ2n) is 5.41. The van der Waals surface area contributed by atoms with Crippen LogP contribution in [0.4, 0.5) is 0 Å². The molecular weight excluding hydrogens is 212 g/mol. The van der Waals surface area contributed by atoms with Crippen LogP contribution in [0.15, 0.2) is 0 Å². The molecule has 0 saturated heterocycles. The van der Waals surface area contributed by atoms with E-state index in [0.717, 1.165) is 18.9 Å². The second kappa shape index (κ2) is 8.90. The Kier molecular flexibility index (Phi) is 8.83. The van der Waals surface area contributed by atoms with Gasteiger partial charge in [0.25, 0.3) is 0 Å². The van der Waals surface area contributed by atoms with Crippen LogP contribution in [0, 0.1) is 5.92 Å². The van der Waals surface area contributed by atoms with Crippen LogP contribution in [0.2, 0.25) is 0 Å². The Labute approximate surface area is 107 Å². The minimum atomic E-state index is -0.191. The number of nitrogens with two attached hydrogens (primary N) is 1. The molecule has 0 radical (unpaired) electrons. The van der Waals surface area contributed by atoms with Crippen LogP contribution >= 0.6 is 0 Å². The maximum atomic E-state index is 5.79. The fraction of sp³-hybridized carbons (Fsp3) is 1.00. The average molecular weight is 244 g/mol. The molecule has 3 nitrogen and oxygen atoms in total. The van der Waals surface area contributed by atoms with E-state index < -0.39 is 0 Å². The lowest BCUT2D eigenvalue weighted by Crippen LogP contribution is -2.52. The smallest absolute Gasteiger partial charge is 0.0792 e. The van der Waals surface area contributed by atoms with Gasteiger partial charge in [-0.3, -0.25) is 11.3 Å². The molecule has 0 saturated carbocycles. The molecule has 3 heteroatoms. The molecule has 0 rings (SSSR count). The fourth-order valence-electron chi connectivity index (χ4n) is 2.34. The first-order valence-corrected chi connectivity index (χ1v) is 7.11. The Morgan fingerprint density at radius 1 is 1.24 bits per heavy atom. The number of hydrogen-bond acceptors (Lipinski definition) is 3. The highest BCUT2D eigenvalue weighted by Crippen LogP contribution is 2.25. The van der Waals surface area contributed by atoms with Crippen molar-refractivity contribution in [2.45, 2.75) is 78.4 Å². The minimum absolute atomic E-state index is 0.191. The Balaban J connectivity index is 4.34. The van der Waals surface area contributed by atoms with Gasteiger partial charge in [-0.15, -0.1) is 0 Å². The summed E-state index contributed by atoms with van der Waals surface area (Å²) in [5.41, 5.74) is 2.75. The van der Waals surface area contributed by atoms with E-state index in [4.69, 9.17) is 10.6 Å². The SMILES string of the molecule is CCCCC(CC)CC(NN)C(C)(C)OCC. The van der Waals surface area contributed by atoms with E-state index >= 15 is 0 Å². The van der Waals surface area contributed by atoms with E-state index in [0.29, 0.717) is 0 Å². The number of hydrazine groups is 1. The van der Waals surface area contributed by atoms with Crippen molar-refractivity contribution in [3.8, 4) is 0 Å². The number of nitrogens with one attached hydrogen (secondary N) is 1. The van der Waals surface area contributed by atoms with Crippen molar-refractivity contribution in [1.82, 2.24) is 5.43 Å². The summed E-state index contributed by atoms with van der Waals surface area (Å²) in [5.74, 6) is 6.44. The Hall–Kier alpha value is -0.120. The van der Waals surface area contributed by atoms with Gasteiger partial charge in [-0.05, 0) is 33.1 Å². The van der Waals surface area contributed by atoms with Gasteiger partial charge in [-0.25, -0.2) is 0 Å². The van der Waals surface area contributed by atoms with E-state index in [1.165, 1.54) is 25.7 Å². The van der Waals surface area contributed by atoms with Crippen LogP contribution in [0.1, 0.15) is 66.7 Å². The summed E-state index contributed by atoms with van der Waals surface area (Å²) in [4.78, 5) is 0. The van der Waals surface area contributed by atoms with Gasteiger partial charge < -0.3 is 4.74 Å². The molecule has 0 heterocycles. The zero-order chi connectivity index (χ0) is 13.3. The summed E-state index contributed by atoms with van der Waals surface area (Å²) < 4.78 is 5.79. The van der Waals surface area contributed by atoms with Crippen LogP contribution in [0.3, 0.4) is 0 Å². The highest BCUT2D eigenvalue weighted by Gasteiger charge is 2.30. The van der Waals surface area contributed by atoms with Gasteiger partial charge >= 0.3 is 0 Å². The van der Waals surface area contributed by atoms with Crippen molar-refractivity contribution < 1.29 is 4.74 Å². The molecule has 0 aromatic rings.